The third kappa shape index (κ3) is 5.90. The van der Waals surface area contributed by atoms with Gasteiger partial charge in [-0.3, -0.25) is 4.79 Å². The average molecular weight is 467 g/mol. The van der Waals surface area contributed by atoms with Crippen LogP contribution >= 0.6 is 0 Å². The van der Waals surface area contributed by atoms with Gasteiger partial charge in [-0.2, -0.15) is 0 Å². The van der Waals surface area contributed by atoms with Gasteiger partial charge in [0.15, 0.2) is 0 Å². The Hall–Kier alpha value is -3.03. The minimum absolute atomic E-state index is 0.115. The maximum atomic E-state index is 12.9. The molecule has 0 radical (unpaired) electrons. The van der Waals surface area contributed by atoms with Crippen LogP contribution in [-0.2, 0) is 0 Å². The lowest BCUT2D eigenvalue weighted by Gasteiger charge is -2.33. The minimum Gasteiger partial charge on any atom is -0.508 e. The Bertz CT molecular complexity index is 1130. The van der Waals surface area contributed by atoms with E-state index in [0.29, 0.717) is 23.5 Å². The number of rotatable bonds is 10. The second kappa shape index (κ2) is 11.4. The van der Waals surface area contributed by atoms with E-state index < -0.39 is 0 Å². The maximum Gasteiger partial charge on any atom is 0.204 e. The Morgan fingerprint density at radius 2 is 1.65 bits per heavy atom. The van der Waals surface area contributed by atoms with Gasteiger partial charge < -0.3 is 29.2 Å². The zero-order chi connectivity index (χ0) is 23.9. The molecule has 7 heteroatoms. The molecule has 1 saturated heterocycles. The van der Waals surface area contributed by atoms with Gasteiger partial charge in [-0.15, -0.1) is 0 Å². The van der Waals surface area contributed by atoms with Crippen LogP contribution in [0.15, 0.2) is 51.9 Å². The van der Waals surface area contributed by atoms with Crippen molar-refractivity contribution in [2.45, 2.75) is 32.6 Å². The molecule has 182 valence electrons. The Labute approximate surface area is 200 Å². The molecule has 4 rings (SSSR count). The fourth-order valence-corrected chi connectivity index (χ4v) is 4.44. The molecule has 7 nitrogen and oxygen atoms in total. The smallest absolute Gasteiger partial charge is 0.204 e. The third-order valence-corrected chi connectivity index (χ3v) is 6.56. The van der Waals surface area contributed by atoms with Crippen LogP contribution in [0.3, 0.4) is 0 Å². The summed E-state index contributed by atoms with van der Waals surface area (Å²) < 4.78 is 11.5. The van der Waals surface area contributed by atoms with E-state index in [4.69, 9.17) is 9.15 Å². The van der Waals surface area contributed by atoms with Gasteiger partial charge >= 0.3 is 0 Å². The summed E-state index contributed by atoms with van der Waals surface area (Å²) in [6.45, 7) is 9.81. The first-order chi connectivity index (χ1) is 16.5. The highest BCUT2D eigenvalue weighted by Crippen LogP contribution is 2.30. The molecule has 2 heterocycles. The second-order valence-corrected chi connectivity index (χ2v) is 8.88. The lowest BCUT2D eigenvalue weighted by molar-refractivity contribution is 0.135. The number of benzene rings is 2. The fraction of sp³-hybridized carbons (Fsp3) is 0.444. The molecular formula is C27H34N2O5. The van der Waals surface area contributed by atoms with Gasteiger partial charge in [0.2, 0.25) is 5.43 Å². The number of fused-ring (bicyclic) bond motifs is 1. The normalized spacial score (nSPS) is 15.1. The van der Waals surface area contributed by atoms with E-state index >= 15 is 0 Å². The number of hydrogen-bond acceptors (Lipinski definition) is 7. The zero-order valence-electron chi connectivity index (χ0n) is 19.8. The molecule has 0 spiro atoms. The van der Waals surface area contributed by atoms with E-state index in [1.54, 1.807) is 18.2 Å². The van der Waals surface area contributed by atoms with Gasteiger partial charge in [0.1, 0.15) is 34.5 Å². The largest absolute Gasteiger partial charge is 0.508 e. The molecule has 1 aliphatic rings. The molecule has 3 aromatic rings. The number of hydrogen-bond donors (Lipinski definition) is 2. The van der Waals surface area contributed by atoms with Crippen molar-refractivity contribution < 1.29 is 19.4 Å². The monoisotopic (exact) mass is 466 g/mol. The average Bonchev–Trinajstić information content (AvgIpc) is 2.84. The quantitative estimate of drug-likeness (QED) is 0.427. The topological polar surface area (TPSA) is 86.4 Å². The van der Waals surface area contributed by atoms with Crippen molar-refractivity contribution in [3.63, 3.8) is 0 Å². The molecule has 34 heavy (non-hydrogen) atoms. The highest BCUT2D eigenvalue weighted by atomic mass is 16.5. The Morgan fingerprint density at radius 3 is 2.38 bits per heavy atom. The van der Waals surface area contributed by atoms with Gasteiger partial charge in [-0.1, -0.05) is 31.9 Å². The van der Waals surface area contributed by atoms with Crippen LogP contribution in [0.4, 0.5) is 0 Å². The third-order valence-electron chi connectivity index (χ3n) is 6.56. The summed E-state index contributed by atoms with van der Waals surface area (Å²) in [6, 6.07) is 9.39. The van der Waals surface area contributed by atoms with Gasteiger partial charge in [-0.25, -0.2) is 0 Å². The first-order valence-corrected chi connectivity index (χ1v) is 12.2. The molecule has 2 N–H and O–H groups in total. The van der Waals surface area contributed by atoms with E-state index in [0.717, 1.165) is 19.4 Å². The predicted molar refractivity (Wildman–Crippen MR) is 134 cm³/mol. The summed E-state index contributed by atoms with van der Waals surface area (Å²) >= 11 is 0. The molecule has 0 unspecified atom stereocenters. The van der Waals surface area contributed by atoms with E-state index in [2.05, 4.69) is 16.7 Å². The number of nitrogens with zero attached hydrogens (tertiary/aromatic N) is 2. The van der Waals surface area contributed by atoms with E-state index in [1.165, 1.54) is 70.0 Å². The molecule has 1 aliphatic heterocycles. The van der Waals surface area contributed by atoms with Crippen molar-refractivity contribution in [2.75, 3.05) is 45.9 Å². The number of unbranched alkanes of at least 4 members (excludes halogenated alkanes) is 3. The molecule has 1 fully saturated rings. The molecular weight excluding hydrogens is 432 g/mol. The van der Waals surface area contributed by atoms with Crippen molar-refractivity contribution in [1.29, 1.82) is 0 Å². The molecule has 2 aromatic carbocycles. The van der Waals surface area contributed by atoms with Crippen LogP contribution in [0, 0.1) is 0 Å². The zero-order valence-corrected chi connectivity index (χ0v) is 19.8. The number of aromatic hydroxyl groups is 2. The molecule has 0 aliphatic carbocycles. The number of ether oxygens (including phenoxy) is 1. The van der Waals surface area contributed by atoms with Crippen molar-refractivity contribution in [1.82, 2.24) is 9.80 Å². The summed E-state index contributed by atoms with van der Waals surface area (Å²) in [5, 5.41) is 20.1. The summed E-state index contributed by atoms with van der Waals surface area (Å²) in [5.41, 5.74) is 0.887. The number of phenols is 2. The summed E-state index contributed by atoms with van der Waals surface area (Å²) in [5.74, 6) is 0.438. The maximum absolute atomic E-state index is 12.9. The second-order valence-electron chi connectivity index (χ2n) is 8.88. The van der Waals surface area contributed by atoms with Crippen LogP contribution in [0.5, 0.6) is 17.2 Å². The van der Waals surface area contributed by atoms with Crippen molar-refractivity contribution >= 4 is 11.0 Å². The lowest BCUT2D eigenvalue weighted by atomic mass is 10.0. The van der Waals surface area contributed by atoms with E-state index in [-0.39, 0.29) is 27.9 Å². The summed E-state index contributed by atoms with van der Waals surface area (Å²) in [6.07, 6.45) is 5.79. The lowest BCUT2D eigenvalue weighted by Crippen LogP contribution is -2.46. The minimum atomic E-state index is -0.327. The first kappa shape index (κ1) is 24.1. The van der Waals surface area contributed by atoms with Crippen LogP contribution < -0.4 is 10.2 Å². The molecule has 0 amide bonds. The van der Waals surface area contributed by atoms with Crippen LogP contribution in [-0.4, -0.2) is 65.9 Å². The highest BCUT2D eigenvalue weighted by molar-refractivity contribution is 5.88. The molecule has 1 aromatic heterocycles. The van der Waals surface area contributed by atoms with Crippen molar-refractivity contribution in [3.05, 3.63) is 52.9 Å². The van der Waals surface area contributed by atoms with Gasteiger partial charge in [0.25, 0.3) is 0 Å². The number of phenolic OH excluding ortho intramolecular Hbond substituents is 2. The van der Waals surface area contributed by atoms with Crippen LogP contribution in [0.2, 0.25) is 0 Å². The number of likely N-dealkylation sites (N-methyl/N-ethyl adjacent to an activating group) is 1. The molecule has 0 saturated carbocycles. The number of piperazine rings is 1. The van der Waals surface area contributed by atoms with E-state index in [1.807, 2.05) is 0 Å². The first-order valence-electron chi connectivity index (χ1n) is 12.2. The Morgan fingerprint density at radius 1 is 0.941 bits per heavy atom. The SMILES string of the molecule is CCN1CCN(CCCCCCOc2cc(O)c3c(=O)c(-c4ccc(O)cc4)coc3c2)CC1. The summed E-state index contributed by atoms with van der Waals surface area (Å²) in [4.78, 5) is 18.0. The van der Waals surface area contributed by atoms with Crippen molar-refractivity contribution in [3.8, 4) is 28.4 Å². The van der Waals surface area contributed by atoms with Gasteiger partial charge in [-0.05, 0) is 43.6 Å². The Balaban J connectivity index is 1.26. The summed E-state index contributed by atoms with van der Waals surface area (Å²) in [7, 11) is 0. The van der Waals surface area contributed by atoms with Gasteiger partial charge in [0.05, 0.1) is 12.2 Å². The van der Waals surface area contributed by atoms with E-state index in [9.17, 15) is 15.0 Å². The fourth-order valence-electron chi connectivity index (χ4n) is 4.44. The standard InChI is InChI=1S/C27H34N2O5/c1-2-28-12-14-29(15-13-28)11-5-3-4-6-16-33-22-17-24(31)26-25(18-22)34-19-23(27(26)32)20-7-9-21(30)10-8-20/h7-10,17-19,30-31H,2-6,11-16H2,1H3. The van der Waals surface area contributed by atoms with Crippen LogP contribution in [0.25, 0.3) is 22.1 Å². The molecule has 0 bridgehead atoms. The molecule has 0 atom stereocenters. The highest BCUT2D eigenvalue weighted by Gasteiger charge is 2.16. The Kier molecular flexibility index (Phi) is 8.08. The van der Waals surface area contributed by atoms with Crippen LogP contribution in [0.1, 0.15) is 32.6 Å². The van der Waals surface area contributed by atoms with Gasteiger partial charge in [0, 0.05) is 38.3 Å². The predicted octanol–water partition coefficient (Wildman–Crippen LogP) is 4.45. The van der Waals surface area contributed by atoms with Crippen molar-refractivity contribution in [2.24, 2.45) is 0 Å².